The van der Waals surface area contributed by atoms with Crippen LogP contribution in [0.5, 0.6) is 0 Å². The van der Waals surface area contributed by atoms with Gasteiger partial charge in [-0.2, -0.15) is 0 Å². The van der Waals surface area contributed by atoms with Crippen molar-refractivity contribution in [1.29, 1.82) is 0 Å². The molecule has 0 aliphatic rings. The Balaban J connectivity index is 1.57. The molecule has 34 heavy (non-hydrogen) atoms. The molecule has 4 aromatic carbocycles. The third kappa shape index (κ3) is 3.29. The number of anilines is 2. The average Bonchev–Trinajstić information content (AvgIpc) is 3.14. The number of nitrogens with one attached hydrogen (secondary N) is 1. The van der Waals surface area contributed by atoms with E-state index in [2.05, 4.69) is 21.2 Å². The third-order valence-electron chi connectivity index (χ3n) is 5.85. The Kier molecular flexibility index (Phi) is 4.78. The number of hydrogen-bond donors (Lipinski definition) is 2. The lowest BCUT2D eigenvalue weighted by Crippen LogP contribution is -2.14. The summed E-state index contributed by atoms with van der Waals surface area (Å²) < 4.78 is 2.72. The van der Waals surface area contributed by atoms with Crippen LogP contribution in [0, 0.1) is 0 Å². The van der Waals surface area contributed by atoms with E-state index in [0.29, 0.717) is 27.9 Å². The van der Waals surface area contributed by atoms with Gasteiger partial charge in [0.05, 0.1) is 11.0 Å². The molecule has 3 N–H and O–H groups in total. The minimum Gasteiger partial charge on any atom is -0.384 e. The van der Waals surface area contributed by atoms with Crippen molar-refractivity contribution >= 4 is 66.3 Å². The van der Waals surface area contributed by atoms with Crippen LogP contribution < -0.4 is 11.1 Å². The molecule has 0 bridgehead atoms. The van der Waals surface area contributed by atoms with Gasteiger partial charge >= 0.3 is 0 Å². The smallest absolute Gasteiger partial charge is 0.261 e. The molecule has 1 amide bonds. The topological polar surface area (TPSA) is 85.8 Å². The molecule has 7 heteroatoms. The first-order valence-corrected chi connectivity index (χ1v) is 11.5. The molecule has 0 aliphatic carbocycles. The van der Waals surface area contributed by atoms with Crippen molar-refractivity contribution in [3.05, 3.63) is 101 Å². The normalized spacial score (nSPS) is 11.3. The SMILES string of the molecule is Nc1c(C(=O)Nc2cccc3ccccc23)c2nc3ccccc3nc2n1-c1ccc(Br)cc1. The van der Waals surface area contributed by atoms with Crippen LogP contribution in [0.1, 0.15) is 10.4 Å². The highest BCUT2D eigenvalue weighted by Crippen LogP contribution is 2.33. The van der Waals surface area contributed by atoms with Crippen molar-refractivity contribution in [1.82, 2.24) is 14.5 Å². The van der Waals surface area contributed by atoms with Gasteiger partial charge in [-0.25, -0.2) is 9.97 Å². The van der Waals surface area contributed by atoms with Gasteiger partial charge in [0.1, 0.15) is 16.9 Å². The Morgan fingerprint density at radius 1 is 0.824 bits per heavy atom. The molecule has 0 saturated heterocycles. The number of hydrogen-bond acceptors (Lipinski definition) is 4. The van der Waals surface area contributed by atoms with Crippen LogP contribution in [0.15, 0.2) is 95.5 Å². The fourth-order valence-corrected chi connectivity index (χ4v) is 4.52. The van der Waals surface area contributed by atoms with Crippen molar-refractivity contribution in [2.45, 2.75) is 0 Å². The number of halogens is 1. The van der Waals surface area contributed by atoms with Gasteiger partial charge < -0.3 is 11.1 Å². The highest BCUT2D eigenvalue weighted by atomic mass is 79.9. The first-order chi connectivity index (χ1) is 16.6. The second-order valence-corrected chi connectivity index (χ2v) is 8.85. The van der Waals surface area contributed by atoms with Gasteiger partial charge in [-0.1, -0.05) is 64.5 Å². The van der Waals surface area contributed by atoms with Crippen molar-refractivity contribution in [3.63, 3.8) is 0 Å². The Labute approximate surface area is 203 Å². The summed E-state index contributed by atoms with van der Waals surface area (Å²) in [5, 5.41) is 5.04. The number of nitrogen functional groups attached to an aromatic ring is 1. The number of carbonyl (C=O) groups is 1. The second-order valence-electron chi connectivity index (χ2n) is 7.94. The molecule has 0 unspecified atom stereocenters. The molecule has 0 aliphatic heterocycles. The third-order valence-corrected chi connectivity index (χ3v) is 6.38. The molecule has 0 radical (unpaired) electrons. The summed E-state index contributed by atoms with van der Waals surface area (Å²) in [4.78, 5) is 23.3. The molecule has 0 fully saturated rings. The zero-order valence-electron chi connectivity index (χ0n) is 17.9. The molecule has 0 spiro atoms. The maximum Gasteiger partial charge on any atom is 0.261 e. The lowest BCUT2D eigenvalue weighted by Gasteiger charge is -2.10. The summed E-state index contributed by atoms with van der Waals surface area (Å²) in [7, 11) is 0. The monoisotopic (exact) mass is 507 g/mol. The molecule has 6 rings (SSSR count). The van der Waals surface area contributed by atoms with E-state index >= 15 is 0 Å². The van der Waals surface area contributed by atoms with Gasteiger partial charge in [0, 0.05) is 21.2 Å². The molecule has 0 saturated carbocycles. The maximum atomic E-state index is 13.6. The minimum atomic E-state index is -0.334. The van der Waals surface area contributed by atoms with Gasteiger partial charge in [0.2, 0.25) is 0 Å². The number of nitrogens with two attached hydrogens (primary N) is 1. The van der Waals surface area contributed by atoms with E-state index in [1.165, 1.54) is 0 Å². The van der Waals surface area contributed by atoms with Gasteiger partial charge in [0.25, 0.3) is 5.91 Å². The Bertz CT molecular complexity index is 1720. The van der Waals surface area contributed by atoms with Crippen molar-refractivity contribution in [3.8, 4) is 5.69 Å². The standard InChI is InChI=1S/C27H18BrN5O/c28-17-12-14-18(15-13-17)33-25(29)23(24-26(33)31-22-10-4-3-9-21(22)30-24)27(34)32-20-11-5-7-16-6-1-2-8-19(16)20/h1-15H,29H2,(H,32,34). The number of benzene rings is 4. The van der Waals surface area contributed by atoms with Crippen LogP contribution in [0.25, 0.3) is 38.7 Å². The largest absolute Gasteiger partial charge is 0.384 e. The number of para-hydroxylation sites is 2. The lowest BCUT2D eigenvalue weighted by molar-refractivity contribution is 0.102. The zero-order chi connectivity index (χ0) is 23.2. The number of carbonyl (C=O) groups excluding carboxylic acids is 1. The number of aromatic nitrogens is 3. The molecular weight excluding hydrogens is 490 g/mol. The van der Waals surface area contributed by atoms with E-state index in [1.54, 1.807) is 4.57 Å². The number of nitrogens with zero attached hydrogens (tertiary/aromatic N) is 3. The fraction of sp³-hybridized carbons (Fsp3) is 0. The van der Waals surface area contributed by atoms with Crippen LogP contribution in [0.4, 0.5) is 11.5 Å². The van der Waals surface area contributed by atoms with Crippen molar-refractivity contribution in [2.24, 2.45) is 0 Å². The first-order valence-electron chi connectivity index (χ1n) is 10.7. The van der Waals surface area contributed by atoms with E-state index in [9.17, 15) is 4.79 Å². The van der Waals surface area contributed by atoms with E-state index < -0.39 is 0 Å². The average molecular weight is 508 g/mol. The van der Waals surface area contributed by atoms with Crippen molar-refractivity contribution in [2.75, 3.05) is 11.1 Å². The molecule has 0 atom stereocenters. The molecule has 2 heterocycles. The molecular formula is C27H18BrN5O. The summed E-state index contributed by atoms with van der Waals surface area (Å²) in [6, 6.07) is 29.0. The zero-order valence-corrected chi connectivity index (χ0v) is 19.5. The van der Waals surface area contributed by atoms with Gasteiger partial charge in [-0.15, -0.1) is 0 Å². The van der Waals surface area contributed by atoms with Gasteiger partial charge in [-0.05, 0) is 47.9 Å². The Morgan fingerprint density at radius 2 is 1.50 bits per heavy atom. The molecule has 6 nitrogen and oxygen atoms in total. The van der Waals surface area contributed by atoms with Gasteiger partial charge in [-0.3, -0.25) is 9.36 Å². The van der Waals surface area contributed by atoms with E-state index in [0.717, 1.165) is 26.4 Å². The van der Waals surface area contributed by atoms with Crippen LogP contribution >= 0.6 is 15.9 Å². The number of rotatable bonds is 3. The summed E-state index contributed by atoms with van der Waals surface area (Å²) in [6.07, 6.45) is 0. The highest BCUT2D eigenvalue weighted by Gasteiger charge is 2.25. The van der Waals surface area contributed by atoms with E-state index in [-0.39, 0.29) is 11.7 Å². The minimum absolute atomic E-state index is 0.283. The summed E-state index contributed by atoms with van der Waals surface area (Å²) in [5.41, 5.74) is 10.8. The van der Waals surface area contributed by atoms with E-state index in [4.69, 9.17) is 15.7 Å². The number of fused-ring (bicyclic) bond motifs is 3. The molecule has 2 aromatic heterocycles. The van der Waals surface area contributed by atoms with Crippen LogP contribution in [-0.2, 0) is 0 Å². The predicted molar refractivity (Wildman–Crippen MR) is 140 cm³/mol. The maximum absolute atomic E-state index is 13.6. The van der Waals surface area contributed by atoms with E-state index in [1.807, 2.05) is 91.0 Å². The van der Waals surface area contributed by atoms with Crippen molar-refractivity contribution < 1.29 is 4.79 Å². The van der Waals surface area contributed by atoms with Crippen LogP contribution in [-0.4, -0.2) is 20.4 Å². The molecule has 6 aromatic rings. The predicted octanol–water partition coefficient (Wildman–Crippen LogP) is 6.32. The summed E-state index contributed by atoms with van der Waals surface area (Å²) in [5.74, 6) is -0.0512. The Hall–Kier alpha value is -4.23. The Morgan fingerprint density at radius 3 is 2.29 bits per heavy atom. The quantitative estimate of drug-likeness (QED) is 0.293. The van der Waals surface area contributed by atoms with Gasteiger partial charge in [0.15, 0.2) is 5.65 Å². The summed E-state index contributed by atoms with van der Waals surface area (Å²) >= 11 is 3.47. The number of amides is 1. The highest BCUT2D eigenvalue weighted by molar-refractivity contribution is 9.10. The first kappa shape index (κ1) is 20.4. The second kappa shape index (κ2) is 7.97. The lowest BCUT2D eigenvalue weighted by atomic mass is 10.1. The van der Waals surface area contributed by atoms with Crippen LogP contribution in [0.3, 0.4) is 0 Å². The fourth-order valence-electron chi connectivity index (χ4n) is 4.26. The molecule has 164 valence electrons. The summed E-state index contributed by atoms with van der Waals surface area (Å²) in [6.45, 7) is 0. The van der Waals surface area contributed by atoms with Crippen LogP contribution in [0.2, 0.25) is 0 Å².